The van der Waals surface area contributed by atoms with Gasteiger partial charge in [0, 0.05) is 17.0 Å². The molecule has 0 aliphatic heterocycles. The van der Waals surface area contributed by atoms with Crippen molar-refractivity contribution in [2.75, 3.05) is 26.2 Å². The Morgan fingerprint density at radius 1 is 1.11 bits per heavy atom. The van der Waals surface area contributed by atoms with Crippen LogP contribution in [0.5, 0.6) is 5.75 Å². The van der Waals surface area contributed by atoms with E-state index >= 15 is 0 Å². The summed E-state index contributed by atoms with van der Waals surface area (Å²) in [7, 11) is 0. The topological polar surface area (TPSA) is 12.5 Å². The van der Waals surface area contributed by atoms with Gasteiger partial charge in [0.05, 0.1) is 0 Å². The van der Waals surface area contributed by atoms with Gasteiger partial charge in [-0.15, -0.1) is 0 Å². The van der Waals surface area contributed by atoms with Crippen LogP contribution in [-0.2, 0) is 0 Å². The number of ether oxygens (including phenoxy) is 1. The molecule has 19 heavy (non-hydrogen) atoms. The van der Waals surface area contributed by atoms with Gasteiger partial charge < -0.3 is 9.64 Å². The lowest BCUT2D eigenvalue weighted by molar-refractivity contribution is 0.224. The lowest BCUT2D eigenvalue weighted by Crippen LogP contribution is -2.27. The lowest BCUT2D eigenvalue weighted by Gasteiger charge is -2.18. The van der Waals surface area contributed by atoms with Crippen LogP contribution in [0.15, 0.2) is 36.4 Å². The normalized spacial score (nSPS) is 11.2. The smallest absolute Gasteiger partial charge is 0.127 e. The highest BCUT2D eigenvalue weighted by Gasteiger charge is 2.04. The Hall–Kier alpha value is -1.25. The predicted octanol–water partition coefficient (Wildman–Crippen LogP) is 4.21. The molecule has 0 N–H and O–H groups in total. The Morgan fingerprint density at radius 2 is 1.89 bits per heavy atom. The molecule has 0 aliphatic rings. The van der Waals surface area contributed by atoms with Crippen molar-refractivity contribution in [1.29, 1.82) is 0 Å². The fourth-order valence-electron chi connectivity index (χ4n) is 2.17. The van der Waals surface area contributed by atoms with Crippen molar-refractivity contribution in [3.05, 3.63) is 41.4 Å². The first-order chi connectivity index (χ1) is 9.24. The van der Waals surface area contributed by atoms with E-state index in [1.54, 1.807) is 0 Å². The maximum Gasteiger partial charge on any atom is 0.127 e. The van der Waals surface area contributed by atoms with Crippen LogP contribution in [0, 0.1) is 0 Å². The highest BCUT2D eigenvalue weighted by molar-refractivity contribution is 6.31. The van der Waals surface area contributed by atoms with Gasteiger partial charge in [0.1, 0.15) is 12.4 Å². The minimum atomic E-state index is 0.702. The third-order valence-electron chi connectivity index (χ3n) is 3.36. The summed E-state index contributed by atoms with van der Waals surface area (Å²) in [6.07, 6.45) is 0. The number of halogens is 1. The molecule has 0 aliphatic carbocycles. The molecular weight excluding hydrogens is 258 g/mol. The molecule has 0 radical (unpaired) electrons. The van der Waals surface area contributed by atoms with Gasteiger partial charge in [0.25, 0.3) is 0 Å². The summed E-state index contributed by atoms with van der Waals surface area (Å²) in [4.78, 5) is 2.35. The monoisotopic (exact) mass is 277 g/mol. The van der Waals surface area contributed by atoms with Gasteiger partial charge in [-0.3, -0.25) is 0 Å². The lowest BCUT2D eigenvalue weighted by atomic mass is 10.1. The van der Waals surface area contributed by atoms with E-state index in [4.69, 9.17) is 16.3 Å². The van der Waals surface area contributed by atoms with E-state index in [2.05, 4.69) is 24.8 Å². The number of fused-ring (bicyclic) bond motifs is 1. The van der Waals surface area contributed by atoms with Gasteiger partial charge in [-0.2, -0.15) is 0 Å². The number of benzene rings is 2. The van der Waals surface area contributed by atoms with E-state index in [1.807, 2.05) is 30.3 Å². The number of rotatable bonds is 6. The molecule has 2 rings (SSSR count). The quantitative estimate of drug-likeness (QED) is 0.784. The average molecular weight is 278 g/mol. The van der Waals surface area contributed by atoms with Crippen LogP contribution in [0.2, 0.25) is 5.02 Å². The second-order valence-electron chi connectivity index (χ2n) is 4.50. The summed E-state index contributed by atoms with van der Waals surface area (Å²) in [5, 5.41) is 2.98. The molecule has 0 fully saturated rings. The Morgan fingerprint density at radius 3 is 2.63 bits per heavy atom. The van der Waals surface area contributed by atoms with E-state index < -0.39 is 0 Å². The van der Waals surface area contributed by atoms with Crippen molar-refractivity contribution >= 4 is 22.4 Å². The van der Waals surface area contributed by atoms with E-state index in [9.17, 15) is 0 Å². The molecule has 0 aromatic heterocycles. The van der Waals surface area contributed by atoms with Crippen LogP contribution in [0.25, 0.3) is 10.8 Å². The highest BCUT2D eigenvalue weighted by atomic mass is 35.5. The van der Waals surface area contributed by atoms with Gasteiger partial charge in [0.15, 0.2) is 0 Å². The highest BCUT2D eigenvalue weighted by Crippen LogP contribution is 2.28. The Kier molecular flexibility index (Phi) is 5.06. The molecule has 0 atom stereocenters. The summed E-state index contributed by atoms with van der Waals surface area (Å²) in [6.45, 7) is 8.10. The zero-order valence-corrected chi connectivity index (χ0v) is 12.3. The van der Waals surface area contributed by atoms with Crippen molar-refractivity contribution < 1.29 is 4.74 Å². The molecule has 0 bridgehead atoms. The standard InChI is InChI=1S/C16H20ClNO/c1-3-18(4-2)10-11-19-16-7-5-6-13-8-9-14(17)12-15(13)16/h5-9,12H,3-4,10-11H2,1-2H3. The van der Waals surface area contributed by atoms with Gasteiger partial charge in [-0.1, -0.05) is 43.6 Å². The molecule has 0 spiro atoms. The first kappa shape index (κ1) is 14.2. The maximum absolute atomic E-state index is 6.06. The minimum Gasteiger partial charge on any atom is -0.492 e. The van der Waals surface area contributed by atoms with Crippen molar-refractivity contribution in [3.8, 4) is 5.75 Å². The summed E-state index contributed by atoms with van der Waals surface area (Å²) in [5.41, 5.74) is 0. The SMILES string of the molecule is CCN(CC)CCOc1cccc2ccc(Cl)cc12. The van der Waals surface area contributed by atoms with Crippen LogP contribution in [0.4, 0.5) is 0 Å². The fraction of sp³-hybridized carbons (Fsp3) is 0.375. The number of hydrogen-bond acceptors (Lipinski definition) is 2. The van der Waals surface area contributed by atoms with Crippen molar-refractivity contribution in [3.63, 3.8) is 0 Å². The van der Waals surface area contributed by atoms with Crippen molar-refractivity contribution in [2.24, 2.45) is 0 Å². The van der Waals surface area contributed by atoms with E-state index in [0.29, 0.717) is 6.61 Å². The fourth-order valence-corrected chi connectivity index (χ4v) is 2.34. The number of hydrogen-bond donors (Lipinski definition) is 0. The van der Waals surface area contributed by atoms with Crippen molar-refractivity contribution in [2.45, 2.75) is 13.8 Å². The molecule has 0 saturated heterocycles. The molecule has 0 heterocycles. The van der Waals surface area contributed by atoms with Crippen LogP contribution in [0.3, 0.4) is 0 Å². The molecule has 0 saturated carbocycles. The van der Waals surface area contributed by atoms with Crippen LogP contribution < -0.4 is 4.74 Å². The zero-order valence-electron chi connectivity index (χ0n) is 11.5. The molecule has 2 aromatic rings. The molecule has 102 valence electrons. The maximum atomic E-state index is 6.06. The molecule has 3 heteroatoms. The third kappa shape index (κ3) is 3.62. The molecule has 0 unspecified atom stereocenters. The molecule has 0 amide bonds. The summed E-state index contributed by atoms with van der Waals surface area (Å²) in [5.74, 6) is 0.909. The Balaban J connectivity index is 2.10. The second-order valence-corrected chi connectivity index (χ2v) is 4.93. The van der Waals surface area contributed by atoms with Crippen LogP contribution in [-0.4, -0.2) is 31.1 Å². The number of likely N-dealkylation sites (N-methyl/N-ethyl adjacent to an activating group) is 1. The first-order valence-electron chi connectivity index (χ1n) is 6.78. The minimum absolute atomic E-state index is 0.702. The van der Waals surface area contributed by atoms with Gasteiger partial charge >= 0.3 is 0 Å². The predicted molar refractivity (Wildman–Crippen MR) is 82.2 cm³/mol. The van der Waals surface area contributed by atoms with Gasteiger partial charge in [-0.05, 0) is 36.7 Å². The molecule has 2 aromatic carbocycles. The van der Waals surface area contributed by atoms with E-state index in [-0.39, 0.29) is 0 Å². The molecule has 2 nitrogen and oxygen atoms in total. The second kappa shape index (κ2) is 6.78. The molecular formula is C16H20ClNO. The third-order valence-corrected chi connectivity index (χ3v) is 3.60. The summed E-state index contributed by atoms with van der Waals surface area (Å²) >= 11 is 6.06. The number of nitrogens with zero attached hydrogens (tertiary/aromatic N) is 1. The average Bonchev–Trinajstić information content (AvgIpc) is 2.44. The van der Waals surface area contributed by atoms with Crippen LogP contribution in [0.1, 0.15) is 13.8 Å². The van der Waals surface area contributed by atoms with Crippen molar-refractivity contribution in [1.82, 2.24) is 4.90 Å². The zero-order chi connectivity index (χ0) is 13.7. The first-order valence-corrected chi connectivity index (χ1v) is 7.15. The van der Waals surface area contributed by atoms with Gasteiger partial charge in [-0.25, -0.2) is 0 Å². The van der Waals surface area contributed by atoms with Gasteiger partial charge in [0.2, 0.25) is 0 Å². The largest absolute Gasteiger partial charge is 0.492 e. The Bertz CT molecular complexity index is 537. The van der Waals surface area contributed by atoms with E-state index in [1.165, 1.54) is 0 Å². The van der Waals surface area contributed by atoms with Crippen LogP contribution >= 0.6 is 11.6 Å². The summed E-state index contributed by atoms with van der Waals surface area (Å²) in [6, 6.07) is 12.0. The van der Waals surface area contributed by atoms with E-state index in [0.717, 1.165) is 41.2 Å². The Labute approximate surface area is 119 Å². The summed E-state index contributed by atoms with van der Waals surface area (Å²) < 4.78 is 5.91.